The van der Waals surface area contributed by atoms with Crippen molar-refractivity contribution < 1.29 is 4.39 Å². The number of nitrogens with zero attached hydrogens (tertiary/aromatic N) is 2. The van der Waals surface area contributed by atoms with E-state index in [-0.39, 0.29) is 5.82 Å². The van der Waals surface area contributed by atoms with Gasteiger partial charge in [0.15, 0.2) is 0 Å². The van der Waals surface area contributed by atoms with Crippen LogP contribution in [0.4, 0.5) is 10.1 Å². The van der Waals surface area contributed by atoms with Crippen LogP contribution < -0.4 is 5.32 Å². The molecule has 31 heavy (non-hydrogen) atoms. The second kappa shape index (κ2) is 12.9. The second-order valence-corrected chi connectivity index (χ2v) is 8.31. The molecule has 0 amide bonds. The zero-order valence-electron chi connectivity index (χ0n) is 18.8. The van der Waals surface area contributed by atoms with Crippen LogP contribution in [0.2, 0.25) is 0 Å². The van der Waals surface area contributed by atoms with E-state index in [2.05, 4.69) is 41.6 Å². The van der Waals surface area contributed by atoms with Crippen molar-refractivity contribution in [3.05, 3.63) is 66.6 Å². The number of hydrogen-bond acceptors (Lipinski definition) is 2. The summed E-state index contributed by atoms with van der Waals surface area (Å²) in [6.07, 6.45) is 15.5. The Labute approximate surface area is 186 Å². The minimum atomic E-state index is -0.232. The molecule has 0 saturated carbocycles. The lowest BCUT2D eigenvalue weighted by atomic mass is 10.1. The average molecular weight is 422 g/mol. The summed E-state index contributed by atoms with van der Waals surface area (Å²) in [7, 11) is 0. The topological polar surface area (TPSA) is 29.9 Å². The molecule has 1 heterocycles. The van der Waals surface area contributed by atoms with Gasteiger partial charge < -0.3 is 5.32 Å². The smallest absolute Gasteiger partial charge is 0.123 e. The van der Waals surface area contributed by atoms with Crippen LogP contribution in [-0.2, 0) is 0 Å². The first-order chi connectivity index (χ1) is 15.3. The van der Waals surface area contributed by atoms with Crippen molar-refractivity contribution in [2.24, 2.45) is 0 Å². The summed E-state index contributed by atoms with van der Waals surface area (Å²) < 4.78 is 15.0. The molecule has 166 valence electrons. The minimum absolute atomic E-state index is 0.232. The van der Waals surface area contributed by atoms with E-state index in [1.165, 1.54) is 76.3 Å². The van der Waals surface area contributed by atoms with Crippen LogP contribution >= 0.6 is 0 Å². The molecule has 0 aliphatic carbocycles. The zero-order valence-corrected chi connectivity index (χ0v) is 18.8. The molecule has 0 aliphatic rings. The first-order valence-corrected chi connectivity index (χ1v) is 11.9. The molecule has 0 spiro atoms. The van der Waals surface area contributed by atoms with E-state index in [0.717, 1.165) is 29.2 Å². The standard InChI is InChI=1S/C27H36FN3/c1-2-3-4-5-6-7-8-9-10-11-21-29-25-16-18-26(19-17-25)31-22-20-27(30-31)23-12-14-24(28)15-13-23/h12-20,22,29H,2-11,21H2,1H3. The highest BCUT2D eigenvalue weighted by atomic mass is 19.1. The normalized spacial score (nSPS) is 11.0. The Balaban J connectivity index is 1.34. The number of hydrogen-bond donors (Lipinski definition) is 1. The first-order valence-electron chi connectivity index (χ1n) is 11.9. The number of nitrogens with one attached hydrogen (secondary N) is 1. The minimum Gasteiger partial charge on any atom is -0.385 e. The van der Waals surface area contributed by atoms with Gasteiger partial charge in [-0.05, 0) is 61.0 Å². The van der Waals surface area contributed by atoms with Gasteiger partial charge in [-0.3, -0.25) is 0 Å². The third kappa shape index (κ3) is 7.86. The maximum atomic E-state index is 13.1. The lowest BCUT2D eigenvalue weighted by molar-refractivity contribution is 0.560. The van der Waals surface area contributed by atoms with Gasteiger partial charge in [-0.2, -0.15) is 5.10 Å². The highest BCUT2D eigenvalue weighted by molar-refractivity contribution is 5.59. The summed E-state index contributed by atoms with van der Waals surface area (Å²) in [6, 6.07) is 16.7. The van der Waals surface area contributed by atoms with Gasteiger partial charge in [-0.15, -0.1) is 0 Å². The van der Waals surface area contributed by atoms with Crippen LogP contribution in [0.15, 0.2) is 60.8 Å². The van der Waals surface area contributed by atoms with E-state index in [4.69, 9.17) is 0 Å². The van der Waals surface area contributed by atoms with E-state index in [0.29, 0.717) is 0 Å². The van der Waals surface area contributed by atoms with Crippen molar-refractivity contribution in [1.29, 1.82) is 0 Å². The molecule has 3 rings (SSSR count). The quantitative estimate of drug-likeness (QED) is 0.267. The maximum Gasteiger partial charge on any atom is 0.123 e. The molecule has 0 radical (unpaired) electrons. The van der Waals surface area contributed by atoms with Gasteiger partial charge in [0.2, 0.25) is 0 Å². The number of unbranched alkanes of at least 4 members (excludes halogenated alkanes) is 9. The summed E-state index contributed by atoms with van der Waals surface area (Å²) >= 11 is 0. The van der Waals surface area contributed by atoms with Crippen molar-refractivity contribution in [2.75, 3.05) is 11.9 Å². The molecule has 2 aromatic carbocycles. The van der Waals surface area contributed by atoms with Gasteiger partial charge in [0.25, 0.3) is 0 Å². The Hall–Kier alpha value is -2.62. The predicted molar refractivity (Wildman–Crippen MR) is 129 cm³/mol. The van der Waals surface area contributed by atoms with Crippen molar-refractivity contribution in [1.82, 2.24) is 9.78 Å². The van der Waals surface area contributed by atoms with E-state index in [9.17, 15) is 4.39 Å². The fourth-order valence-corrected chi connectivity index (χ4v) is 3.82. The molecule has 4 heteroatoms. The molecule has 1 aromatic heterocycles. The molecule has 0 aliphatic heterocycles. The van der Waals surface area contributed by atoms with Crippen molar-refractivity contribution >= 4 is 5.69 Å². The number of anilines is 1. The maximum absolute atomic E-state index is 13.1. The fraction of sp³-hybridized carbons (Fsp3) is 0.444. The van der Waals surface area contributed by atoms with Crippen LogP contribution in [0.3, 0.4) is 0 Å². The van der Waals surface area contributed by atoms with Crippen LogP contribution in [0.5, 0.6) is 0 Å². The molecule has 3 nitrogen and oxygen atoms in total. The van der Waals surface area contributed by atoms with Crippen LogP contribution in [0.1, 0.15) is 71.1 Å². The number of halogens is 1. The van der Waals surface area contributed by atoms with Gasteiger partial charge >= 0.3 is 0 Å². The van der Waals surface area contributed by atoms with Crippen LogP contribution in [-0.4, -0.2) is 16.3 Å². The van der Waals surface area contributed by atoms with E-state index >= 15 is 0 Å². The molecule has 0 atom stereocenters. The third-order valence-electron chi connectivity index (χ3n) is 5.72. The Morgan fingerprint density at radius 1 is 0.742 bits per heavy atom. The Kier molecular flexibility index (Phi) is 9.62. The monoisotopic (exact) mass is 421 g/mol. The van der Waals surface area contributed by atoms with Gasteiger partial charge in [0.05, 0.1) is 11.4 Å². The highest BCUT2D eigenvalue weighted by Gasteiger charge is 2.04. The zero-order chi connectivity index (χ0) is 21.7. The molecule has 0 unspecified atom stereocenters. The molecular weight excluding hydrogens is 385 g/mol. The molecule has 3 aromatic rings. The van der Waals surface area contributed by atoms with Gasteiger partial charge in [0, 0.05) is 24.0 Å². The van der Waals surface area contributed by atoms with E-state index in [1.807, 2.05) is 16.9 Å². The number of aromatic nitrogens is 2. The lowest BCUT2D eigenvalue weighted by Crippen LogP contribution is -2.02. The second-order valence-electron chi connectivity index (χ2n) is 8.31. The Bertz CT molecular complexity index is 868. The number of rotatable bonds is 14. The average Bonchev–Trinajstić information content (AvgIpc) is 3.29. The molecule has 0 bridgehead atoms. The third-order valence-corrected chi connectivity index (χ3v) is 5.72. The van der Waals surface area contributed by atoms with Crippen LogP contribution in [0.25, 0.3) is 16.9 Å². The van der Waals surface area contributed by atoms with E-state index in [1.54, 1.807) is 12.1 Å². The Morgan fingerprint density at radius 2 is 1.35 bits per heavy atom. The van der Waals surface area contributed by atoms with Gasteiger partial charge in [-0.25, -0.2) is 9.07 Å². The predicted octanol–water partition coefficient (Wildman–Crippen LogP) is 8.01. The summed E-state index contributed by atoms with van der Waals surface area (Å²) in [5.74, 6) is -0.232. The Morgan fingerprint density at radius 3 is 2.00 bits per heavy atom. The molecule has 0 saturated heterocycles. The lowest BCUT2D eigenvalue weighted by Gasteiger charge is -2.08. The van der Waals surface area contributed by atoms with Crippen LogP contribution in [0, 0.1) is 5.82 Å². The van der Waals surface area contributed by atoms with E-state index < -0.39 is 0 Å². The summed E-state index contributed by atoms with van der Waals surface area (Å²) in [4.78, 5) is 0. The largest absolute Gasteiger partial charge is 0.385 e. The van der Waals surface area contributed by atoms with Crippen molar-refractivity contribution in [3.63, 3.8) is 0 Å². The molecule has 0 fully saturated rings. The molecule has 1 N–H and O–H groups in total. The number of benzene rings is 2. The van der Waals surface area contributed by atoms with Crippen molar-refractivity contribution in [2.45, 2.75) is 71.1 Å². The molecular formula is C27H36FN3. The summed E-state index contributed by atoms with van der Waals surface area (Å²) in [5, 5.41) is 8.14. The fourth-order valence-electron chi connectivity index (χ4n) is 3.82. The highest BCUT2D eigenvalue weighted by Crippen LogP contribution is 2.20. The summed E-state index contributed by atoms with van der Waals surface area (Å²) in [5.41, 5.74) is 3.90. The van der Waals surface area contributed by atoms with Gasteiger partial charge in [0.1, 0.15) is 5.82 Å². The summed E-state index contributed by atoms with van der Waals surface area (Å²) in [6.45, 7) is 3.29. The van der Waals surface area contributed by atoms with Gasteiger partial charge in [-0.1, -0.05) is 64.7 Å². The first kappa shape index (κ1) is 23.1. The van der Waals surface area contributed by atoms with Crippen molar-refractivity contribution in [3.8, 4) is 16.9 Å². The SMILES string of the molecule is CCCCCCCCCCCCNc1ccc(-n2ccc(-c3ccc(F)cc3)n2)cc1.